The summed E-state index contributed by atoms with van der Waals surface area (Å²) >= 11 is 0. The van der Waals surface area contributed by atoms with E-state index >= 15 is 0 Å². The quantitative estimate of drug-likeness (QED) is 0.0321. The Hall–Kier alpha value is -2.44. The lowest BCUT2D eigenvalue weighted by Gasteiger charge is -2.24. The number of hydrogen-bond acceptors (Lipinski definition) is 5. The van der Waals surface area contributed by atoms with Crippen molar-refractivity contribution in [3.8, 4) is 0 Å². The number of aliphatic hydroxyl groups is 2. The normalized spacial score (nSPS) is 13.5. The van der Waals surface area contributed by atoms with Gasteiger partial charge in [-0.2, -0.15) is 0 Å². The lowest BCUT2D eigenvalue weighted by atomic mass is 10.0. The molecule has 0 aromatic carbocycles. The third-order valence-electron chi connectivity index (χ3n) is 13.6. The Morgan fingerprint density at radius 3 is 1.14 bits per heavy atom. The zero-order valence-electron chi connectivity index (χ0n) is 45.9. The fourth-order valence-corrected chi connectivity index (χ4v) is 9.00. The summed E-state index contributed by atoms with van der Waals surface area (Å²) in [7, 11) is 0. The molecule has 3 unspecified atom stereocenters. The molecule has 3 atom stereocenters. The van der Waals surface area contributed by atoms with Crippen molar-refractivity contribution in [2.45, 2.75) is 322 Å². The van der Waals surface area contributed by atoms with Gasteiger partial charge in [0.15, 0.2) is 0 Å². The van der Waals surface area contributed by atoms with Gasteiger partial charge in [0.25, 0.3) is 0 Å². The lowest BCUT2D eigenvalue weighted by Crippen LogP contribution is -2.46. The highest BCUT2D eigenvalue weighted by molar-refractivity contribution is 5.77. The minimum atomic E-state index is -0.798. The average Bonchev–Trinajstić information content (AvgIpc) is 3.34. The first kappa shape index (κ1) is 66.6. The predicted molar refractivity (Wildman–Crippen MR) is 301 cm³/mol. The molecule has 0 saturated heterocycles. The van der Waals surface area contributed by atoms with Crippen molar-refractivity contribution in [1.29, 1.82) is 0 Å². The van der Waals surface area contributed by atoms with E-state index in [9.17, 15) is 19.8 Å². The molecule has 0 fully saturated rings. The van der Waals surface area contributed by atoms with Crippen LogP contribution in [0, 0.1) is 0 Å². The summed E-state index contributed by atoms with van der Waals surface area (Å²) in [6.07, 6.45) is 71.4. The van der Waals surface area contributed by atoms with E-state index in [-0.39, 0.29) is 24.9 Å². The Morgan fingerprint density at radius 2 is 0.739 bits per heavy atom. The molecule has 0 aromatic heterocycles. The molecular weight excluding hydrogens is 851 g/mol. The van der Waals surface area contributed by atoms with Gasteiger partial charge in [-0.1, -0.05) is 255 Å². The molecule has 402 valence electrons. The summed E-state index contributed by atoms with van der Waals surface area (Å²) in [6, 6.07) is -0.713. The number of hydrogen-bond donors (Lipinski definition) is 3. The van der Waals surface area contributed by atoms with Crippen LogP contribution in [0.25, 0.3) is 0 Å². The standard InChI is InChI=1S/C63H115NO5/c1-4-7-10-13-16-19-22-25-28-31-33-36-39-42-45-48-51-54-59(69-63(68)56-53-50-47-44-41-38-35-32-29-26-23-20-17-14-11-8-5-2)57-62(67)64-60(58-65)61(66)55-52-49-46-43-40-37-34-30-27-24-21-18-15-12-9-6-3/h16-17,19-20,25-26,28-29,33,36,59-61,65-66H,4-15,18,21-24,27,30-32,34-35,37-58H2,1-3H3,(H,64,67)/b19-16-,20-17-,28-25-,29-26-,36-33-. The molecule has 0 bridgehead atoms. The van der Waals surface area contributed by atoms with E-state index in [1.165, 1.54) is 161 Å². The first-order valence-electron chi connectivity index (χ1n) is 30.0. The second-order valence-corrected chi connectivity index (χ2v) is 20.4. The number of nitrogens with one attached hydrogen (secondary N) is 1. The van der Waals surface area contributed by atoms with Crippen molar-refractivity contribution in [2.75, 3.05) is 6.61 Å². The van der Waals surface area contributed by atoms with Gasteiger partial charge < -0.3 is 20.3 Å². The third kappa shape index (κ3) is 51.7. The van der Waals surface area contributed by atoms with E-state index in [1.807, 2.05) is 0 Å². The van der Waals surface area contributed by atoms with Crippen LogP contribution in [0.4, 0.5) is 0 Å². The van der Waals surface area contributed by atoms with Crippen molar-refractivity contribution < 1.29 is 24.5 Å². The molecule has 69 heavy (non-hydrogen) atoms. The number of aliphatic hydroxyl groups excluding tert-OH is 2. The van der Waals surface area contributed by atoms with Gasteiger partial charge in [-0.25, -0.2) is 0 Å². The van der Waals surface area contributed by atoms with E-state index in [2.05, 4.69) is 86.8 Å². The van der Waals surface area contributed by atoms with Crippen molar-refractivity contribution in [2.24, 2.45) is 0 Å². The molecule has 0 saturated carbocycles. The number of esters is 1. The first-order chi connectivity index (χ1) is 34.0. The second-order valence-electron chi connectivity index (χ2n) is 20.4. The molecule has 0 radical (unpaired) electrons. The highest BCUT2D eigenvalue weighted by Crippen LogP contribution is 2.18. The molecule has 1 amide bonds. The zero-order chi connectivity index (χ0) is 50.2. The first-order valence-corrected chi connectivity index (χ1v) is 30.0. The van der Waals surface area contributed by atoms with E-state index in [1.54, 1.807) is 0 Å². The van der Waals surface area contributed by atoms with Crippen LogP contribution >= 0.6 is 0 Å². The summed E-state index contributed by atoms with van der Waals surface area (Å²) in [5.74, 6) is -0.495. The minimum Gasteiger partial charge on any atom is -0.462 e. The van der Waals surface area contributed by atoms with Gasteiger partial charge >= 0.3 is 5.97 Å². The molecule has 6 nitrogen and oxygen atoms in total. The van der Waals surface area contributed by atoms with Gasteiger partial charge in [-0.05, 0) is 96.3 Å². The van der Waals surface area contributed by atoms with Crippen LogP contribution < -0.4 is 5.32 Å². The molecule has 0 spiro atoms. The van der Waals surface area contributed by atoms with Gasteiger partial charge in [0.1, 0.15) is 6.10 Å². The van der Waals surface area contributed by atoms with E-state index in [0.29, 0.717) is 19.3 Å². The van der Waals surface area contributed by atoms with Crippen molar-refractivity contribution in [1.82, 2.24) is 5.32 Å². The minimum absolute atomic E-state index is 0.0594. The molecule has 0 aliphatic carbocycles. The molecule has 0 heterocycles. The van der Waals surface area contributed by atoms with Crippen LogP contribution in [0.3, 0.4) is 0 Å². The lowest BCUT2D eigenvalue weighted by molar-refractivity contribution is -0.151. The van der Waals surface area contributed by atoms with Gasteiger partial charge in [-0.3, -0.25) is 9.59 Å². The van der Waals surface area contributed by atoms with E-state index < -0.39 is 18.2 Å². The van der Waals surface area contributed by atoms with Crippen LogP contribution in [-0.4, -0.2) is 46.9 Å². The van der Waals surface area contributed by atoms with Crippen molar-refractivity contribution in [3.63, 3.8) is 0 Å². The monoisotopic (exact) mass is 966 g/mol. The van der Waals surface area contributed by atoms with Crippen molar-refractivity contribution in [3.05, 3.63) is 60.8 Å². The summed E-state index contributed by atoms with van der Waals surface area (Å²) in [6.45, 7) is 6.46. The Bertz CT molecular complexity index is 1220. The molecule has 0 aliphatic heterocycles. The molecular formula is C63H115NO5. The van der Waals surface area contributed by atoms with Crippen LogP contribution in [-0.2, 0) is 14.3 Å². The summed E-state index contributed by atoms with van der Waals surface area (Å²) in [4.78, 5) is 26.3. The van der Waals surface area contributed by atoms with E-state index in [4.69, 9.17) is 4.74 Å². The fraction of sp³-hybridized carbons (Fsp3) is 0.810. The Labute approximate surface area is 428 Å². The van der Waals surface area contributed by atoms with Gasteiger partial charge in [-0.15, -0.1) is 0 Å². The molecule has 6 heteroatoms. The molecule has 3 N–H and O–H groups in total. The van der Waals surface area contributed by atoms with Crippen molar-refractivity contribution >= 4 is 11.9 Å². The van der Waals surface area contributed by atoms with Crippen LogP contribution in [0.15, 0.2) is 60.8 Å². The van der Waals surface area contributed by atoms with Gasteiger partial charge in [0.05, 0.1) is 25.2 Å². The maximum absolute atomic E-state index is 13.3. The van der Waals surface area contributed by atoms with Gasteiger partial charge in [0, 0.05) is 6.42 Å². The molecule has 0 rings (SSSR count). The van der Waals surface area contributed by atoms with Crippen LogP contribution in [0.1, 0.15) is 303 Å². The molecule has 0 aromatic rings. The number of amides is 1. The fourth-order valence-electron chi connectivity index (χ4n) is 9.00. The maximum atomic E-state index is 13.3. The number of unbranched alkanes of at least 4 members (excludes halogenated alkanes) is 32. The summed E-state index contributed by atoms with van der Waals surface area (Å²) < 4.78 is 5.96. The number of carbonyl (C=O) groups excluding carboxylic acids is 2. The predicted octanol–water partition coefficient (Wildman–Crippen LogP) is 18.7. The topological polar surface area (TPSA) is 95.9 Å². The highest BCUT2D eigenvalue weighted by Gasteiger charge is 2.24. The maximum Gasteiger partial charge on any atom is 0.306 e. The SMILES string of the molecule is CCCCC/C=C\C/C=C\C/C=C\CCCCCCC(CC(=O)NC(CO)C(O)CCCCCCCCCCCCCCCCCC)OC(=O)CCCCCCCCC/C=C\C/C=C\CCCCC. The summed E-state index contributed by atoms with van der Waals surface area (Å²) in [5, 5.41) is 23.9. The molecule has 0 aliphatic rings. The number of allylic oxidation sites excluding steroid dienone is 10. The third-order valence-corrected chi connectivity index (χ3v) is 13.6. The zero-order valence-corrected chi connectivity index (χ0v) is 45.9. The highest BCUT2D eigenvalue weighted by atomic mass is 16.5. The summed E-state index contributed by atoms with van der Waals surface area (Å²) in [5.41, 5.74) is 0. The van der Waals surface area contributed by atoms with E-state index in [0.717, 1.165) is 96.3 Å². The largest absolute Gasteiger partial charge is 0.462 e. The second kappa shape index (κ2) is 56.5. The smallest absolute Gasteiger partial charge is 0.306 e. The average molecular weight is 967 g/mol. The Morgan fingerprint density at radius 1 is 0.420 bits per heavy atom. The van der Waals surface area contributed by atoms with Gasteiger partial charge in [0.2, 0.25) is 5.91 Å². The number of carbonyl (C=O) groups is 2. The number of ether oxygens (including phenoxy) is 1. The Kier molecular flexibility index (Phi) is 54.5. The van der Waals surface area contributed by atoms with Crippen LogP contribution in [0.5, 0.6) is 0 Å². The number of rotatable bonds is 54. The van der Waals surface area contributed by atoms with Crippen LogP contribution in [0.2, 0.25) is 0 Å². The Balaban J connectivity index is 4.60.